The summed E-state index contributed by atoms with van der Waals surface area (Å²) in [6, 6.07) is 10.1. The highest BCUT2D eigenvalue weighted by atomic mass is 32.1. The van der Waals surface area contributed by atoms with Gasteiger partial charge in [0.2, 0.25) is 0 Å². The van der Waals surface area contributed by atoms with Gasteiger partial charge in [-0.2, -0.15) is 0 Å². The second-order valence-electron chi connectivity index (χ2n) is 4.28. The van der Waals surface area contributed by atoms with Crippen LogP contribution >= 0.6 is 11.3 Å². The Morgan fingerprint density at radius 1 is 1.37 bits per heavy atom. The smallest absolute Gasteiger partial charge is 0.263 e. The minimum absolute atomic E-state index is 0.0403. The van der Waals surface area contributed by atoms with Gasteiger partial charge in [-0.3, -0.25) is 4.79 Å². The molecule has 4 nitrogen and oxygen atoms in total. The highest BCUT2D eigenvalue weighted by molar-refractivity contribution is 7.11. The summed E-state index contributed by atoms with van der Waals surface area (Å²) < 4.78 is 0. The molecule has 2 aromatic rings. The molecule has 100 valence electrons. The van der Waals surface area contributed by atoms with Gasteiger partial charge in [0.15, 0.2) is 0 Å². The zero-order valence-corrected chi connectivity index (χ0v) is 11.9. The Bertz CT molecular complexity index is 539. The Hall–Kier alpha value is -1.88. The number of nitrogens with zero attached hydrogens (tertiary/aromatic N) is 2. The predicted molar refractivity (Wildman–Crippen MR) is 78.9 cm³/mol. The summed E-state index contributed by atoms with van der Waals surface area (Å²) in [5.74, 6) is -0.0403. The van der Waals surface area contributed by atoms with Gasteiger partial charge < -0.3 is 10.2 Å². The molecule has 0 aliphatic heterocycles. The summed E-state index contributed by atoms with van der Waals surface area (Å²) >= 11 is 1.38. The van der Waals surface area contributed by atoms with E-state index in [1.165, 1.54) is 11.3 Å². The molecule has 0 saturated carbocycles. The number of carbonyl (C=O) groups excluding carboxylic acids is 1. The van der Waals surface area contributed by atoms with E-state index in [1.807, 2.05) is 32.2 Å². The normalized spacial score (nSPS) is 10.2. The fourth-order valence-corrected chi connectivity index (χ4v) is 2.47. The van der Waals surface area contributed by atoms with E-state index in [1.54, 1.807) is 5.51 Å². The van der Waals surface area contributed by atoms with Crippen LogP contribution in [-0.2, 0) is 0 Å². The lowest BCUT2D eigenvalue weighted by molar-refractivity contribution is 0.0958. The van der Waals surface area contributed by atoms with Crippen molar-refractivity contribution < 1.29 is 4.79 Å². The fraction of sp³-hybridized carbons (Fsp3) is 0.286. The van der Waals surface area contributed by atoms with E-state index in [0.29, 0.717) is 11.4 Å². The first kappa shape index (κ1) is 13.5. The number of rotatable bonds is 5. The quantitative estimate of drug-likeness (QED) is 0.911. The highest BCUT2D eigenvalue weighted by Crippen LogP contribution is 2.12. The number of para-hydroxylation sites is 1. The molecule has 1 aromatic carbocycles. The number of aryl methyl sites for hydroxylation is 1. The third-order valence-corrected chi connectivity index (χ3v) is 3.81. The van der Waals surface area contributed by atoms with Gasteiger partial charge in [0, 0.05) is 25.8 Å². The largest absolute Gasteiger partial charge is 0.373 e. The monoisotopic (exact) mass is 275 g/mol. The van der Waals surface area contributed by atoms with E-state index in [0.717, 1.165) is 17.9 Å². The van der Waals surface area contributed by atoms with Crippen molar-refractivity contribution in [1.82, 2.24) is 10.3 Å². The molecular formula is C14H17N3OS. The zero-order chi connectivity index (χ0) is 13.7. The standard InChI is InChI=1S/C14H17N3OS/c1-11-13(19-10-16-11)14(18)15-8-9-17(2)12-6-4-3-5-7-12/h3-7,10H,8-9H2,1-2H3,(H,15,18). The Balaban J connectivity index is 1.81. The number of carbonyl (C=O) groups is 1. The number of amides is 1. The maximum atomic E-state index is 11.9. The number of hydrogen-bond acceptors (Lipinski definition) is 4. The van der Waals surface area contributed by atoms with E-state index in [4.69, 9.17) is 0 Å². The number of nitrogens with one attached hydrogen (secondary N) is 1. The number of likely N-dealkylation sites (N-methyl/N-ethyl adjacent to an activating group) is 1. The molecule has 0 radical (unpaired) electrons. The van der Waals surface area contributed by atoms with Crippen LogP contribution in [0.5, 0.6) is 0 Å². The van der Waals surface area contributed by atoms with Crippen LogP contribution in [0.3, 0.4) is 0 Å². The topological polar surface area (TPSA) is 45.2 Å². The van der Waals surface area contributed by atoms with Crippen molar-refractivity contribution >= 4 is 22.9 Å². The molecule has 5 heteroatoms. The van der Waals surface area contributed by atoms with Crippen molar-refractivity contribution in [1.29, 1.82) is 0 Å². The zero-order valence-electron chi connectivity index (χ0n) is 11.1. The van der Waals surface area contributed by atoms with Crippen molar-refractivity contribution in [3.63, 3.8) is 0 Å². The molecule has 19 heavy (non-hydrogen) atoms. The van der Waals surface area contributed by atoms with Crippen LogP contribution in [0, 0.1) is 6.92 Å². The number of benzene rings is 1. The molecule has 0 aliphatic carbocycles. The first-order valence-corrected chi connectivity index (χ1v) is 7.01. The third kappa shape index (κ3) is 3.54. The maximum Gasteiger partial charge on any atom is 0.263 e. The van der Waals surface area contributed by atoms with Crippen LogP contribution in [0.15, 0.2) is 35.8 Å². The van der Waals surface area contributed by atoms with Gasteiger partial charge in [-0.05, 0) is 19.1 Å². The average Bonchev–Trinajstić information content (AvgIpc) is 2.86. The SMILES string of the molecule is Cc1ncsc1C(=O)NCCN(C)c1ccccc1. The van der Waals surface area contributed by atoms with Crippen molar-refractivity contribution in [2.24, 2.45) is 0 Å². The number of thiazole rings is 1. The Morgan fingerprint density at radius 2 is 2.11 bits per heavy atom. The van der Waals surface area contributed by atoms with Crippen LogP contribution < -0.4 is 10.2 Å². The van der Waals surface area contributed by atoms with Crippen LogP contribution in [-0.4, -0.2) is 31.0 Å². The average molecular weight is 275 g/mol. The molecule has 1 N–H and O–H groups in total. The van der Waals surface area contributed by atoms with Crippen molar-refractivity contribution in [2.45, 2.75) is 6.92 Å². The maximum absolute atomic E-state index is 11.9. The van der Waals surface area contributed by atoms with Gasteiger partial charge in [-0.15, -0.1) is 11.3 Å². The van der Waals surface area contributed by atoms with Crippen molar-refractivity contribution in [3.05, 3.63) is 46.4 Å². The summed E-state index contributed by atoms with van der Waals surface area (Å²) in [6.45, 7) is 3.23. The summed E-state index contributed by atoms with van der Waals surface area (Å²) in [4.78, 5) is 18.8. The predicted octanol–water partition coefficient (Wildman–Crippen LogP) is 2.32. The van der Waals surface area contributed by atoms with Crippen LogP contribution in [0.4, 0.5) is 5.69 Å². The number of anilines is 1. The third-order valence-electron chi connectivity index (χ3n) is 2.88. The van der Waals surface area contributed by atoms with E-state index in [9.17, 15) is 4.79 Å². The second kappa shape index (κ2) is 6.33. The van der Waals surface area contributed by atoms with Gasteiger partial charge >= 0.3 is 0 Å². The summed E-state index contributed by atoms with van der Waals surface area (Å²) in [7, 11) is 2.01. The molecule has 0 atom stereocenters. The molecule has 2 rings (SSSR count). The van der Waals surface area contributed by atoms with Crippen LogP contribution in [0.2, 0.25) is 0 Å². The van der Waals surface area contributed by atoms with Crippen molar-refractivity contribution in [2.75, 3.05) is 25.0 Å². The first-order chi connectivity index (χ1) is 9.18. The summed E-state index contributed by atoms with van der Waals surface area (Å²) in [5.41, 5.74) is 3.63. The van der Waals surface area contributed by atoms with E-state index in [-0.39, 0.29) is 5.91 Å². The number of hydrogen-bond donors (Lipinski definition) is 1. The number of aromatic nitrogens is 1. The Kier molecular flexibility index (Phi) is 4.52. The Morgan fingerprint density at radius 3 is 2.74 bits per heavy atom. The Labute approximate surface area is 117 Å². The van der Waals surface area contributed by atoms with Crippen molar-refractivity contribution in [3.8, 4) is 0 Å². The van der Waals surface area contributed by atoms with Gasteiger partial charge in [-0.1, -0.05) is 18.2 Å². The second-order valence-corrected chi connectivity index (χ2v) is 5.13. The minimum Gasteiger partial charge on any atom is -0.373 e. The summed E-state index contributed by atoms with van der Waals surface area (Å²) in [5, 5.41) is 2.92. The lowest BCUT2D eigenvalue weighted by Crippen LogP contribution is -2.32. The van der Waals surface area contributed by atoms with Gasteiger partial charge in [0.1, 0.15) is 4.88 Å². The van der Waals surface area contributed by atoms with E-state index in [2.05, 4.69) is 27.3 Å². The summed E-state index contributed by atoms with van der Waals surface area (Å²) in [6.07, 6.45) is 0. The molecular weight excluding hydrogens is 258 g/mol. The van der Waals surface area contributed by atoms with Gasteiger partial charge in [0.25, 0.3) is 5.91 Å². The highest BCUT2D eigenvalue weighted by Gasteiger charge is 2.10. The molecule has 1 amide bonds. The molecule has 0 aliphatic rings. The minimum atomic E-state index is -0.0403. The van der Waals surface area contributed by atoms with Gasteiger partial charge in [0.05, 0.1) is 11.2 Å². The first-order valence-electron chi connectivity index (χ1n) is 6.13. The van der Waals surface area contributed by atoms with Crippen LogP contribution in [0.25, 0.3) is 0 Å². The molecule has 0 spiro atoms. The molecule has 1 heterocycles. The fourth-order valence-electron chi connectivity index (χ4n) is 1.75. The molecule has 0 fully saturated rings. The molecule has 0 saturated heterocycles. The molecule has 0 unspecified atom stereocenters. The molecule has 1 aromatic heterocycles. The lowest BCUT2D eigenvalue weighted by atomic mass is 10.3. The van der Waals surface area contributed by atoms with Crippen LogP contribution in [0.1, 0.15) is 15.4 Å². The van der Waals surface area contributed by atoms with E-state index >= 15 is 0 Å². The van der Waals surface area contributed by atoms with E-state index < -0.39 is 0 Å². The van der Waals surface area contributed by atoms with Gasteiger partial charge in [-0.25, -0.2) is 4.98 Å². The molecule has 0 bridgehead atoms. The lowest BCUT2D eigenvalue weighted by Gasteiger charge is -2.19.